The van der Waals surface area contributed by atoms with Gasteiger partial charge in [-0.15, -0.1) is 0 Å². The summed E-state index contributed by atoms with van der Waals surface area (Å²) >= 11 is 0. The molecule has 3 fully saturated rings. The maximum atomic E-state index is 12.3. The van der Waals surface area contributed by atoms with Crippen LogP contribution in [0.3, 0.4) is 0 Å². The van der Waals surface area contributed by atoms with Crippen LogP contribution in [0, 0.1) is 17.8 Å². The molecule has 0 unspecified atom stereocenters. The lowest BCUT2D eigenvalue weighted by Gasteiger charge is -2.43. The maximum absolute atomic E-state index is 12.3. The molecule has 23 heavy (non-hydrogen) atoms. The summed E-state index contributed by atoms with van der Waals surface area (Å²) in [7, 11) is 0. The highest BCUT2D eigenvalue weighted by atomic mass is 16.5. The summed E-state index contributed by atoms with van der Waals surface area (Å²) in [5.74, 6) is 1.20. The van der Waals surface area contributed by atoms with Crippen LogP contribution in [0.5, 0.6) is 0 Å². The molecule has 1 amide bonds. The minimum absolute atomic E-state index is 0.0226. The number of carbonyl (C=O) groups is 2. The van der Waals surface area contributed by atoms with Crippen LogP contribution in [0.15, 0.2) is 0 Å². The van der Waals surface area contributed by atoms with Gasteiger partial charge in [-0.2, -0.15) is 0 Å². The Hall–Kier alpha value is -1.10. The van der Waals surface area contributed by atoms with Gasteiger partial charge in [0.1, 0.15) is 0 Å². The molecule has 3 aliphatic rings. The third-order valence-electron chi connectivity index (χ3n) is 5.84. The Morgan fingerprint density at radius 2 is 1.70 bits per heavy atom. The van der Waals surface area contributed by atoms with Crippen LogP contribution in [-0.4, -0.2) is 60.5 Å². The van der Waals surface area contributed by atoms with Gasteiger partial charge in [-0.1, -0.05) is 19.8 Å². The van der Waals surface area contributed by atoms with Crippen LogP contribution in [-0.2, 0) is 14.3 Å². The van der Waals surface area contributed by atoms with E-state index in [1.807, 2.05) is 11.8 Å². The molecule has 0 aromatic heterocycles. The summed E-state index contributed by atoms with van der Waals surface area (Å²) in [6.45, 7) is 7.91. The molecule has 0 spiro atoms. The Morgan fingerprint density at radius 1 is 1.04 bits per heavy atom. The molecule has 1 heterocycles. The fourth-order valence-corrected chi connectivity index (χ4v) is 4.25. The molecule has 4 atom stereocenters. The second-order valence-corrected chi connectivity index (χ2v) is 7.39. The third kappa shape index (κ3) is 3.70. The number of amides is 1. The Bertz CT molecular complexity index is 446. The van der Waals surface area contributed by atoms with E-state index in [-0.39, 0.29) is 17.8 Å². The number of rotatable bonds is 4. The molecule has 5 heteroatoms. The number of esters is 1. The number of piperazine rings is 1. The summed E-state index contributed by atoms with van der Waals surface area (Å²) in [5.41, 5.74) is 0. The molecule has 1 saturated heterocycles. The first-order valence-corrected chi connectivity index (χ1v) is 9.31. The summed E-state index contributed by atoms with van der Waals surface area (Å²) in [6.07, 6.45) is 5.41. The van der Waals surface area contributed by atoms with E-state index < -0.39 is 0 Å². The zero-order chi connectivity index (χ0) is 16.4. The second kappa shape index (κ2) is 7.20. The third-order valence-corrected chi connectivity index (χ3v) is 5.84. The van der Waals surface area contributed by atoms with Gasteiger partial charge in [0, 0.05) is 38.1 Å². The van der Waals surface area contributed by atoms with Crippen molar-refractivity contribution in [2.45, 2.75) is 52.0 Å². The zero-order valence-corrected chi connectivity index (χ0v) is 14.5. The number of carbonyl (C=O) groups excluding carboxylic acids is 2. The van der Waals surface area contributed by atoms with Gasteiger partial charge in [-0.25, -0.2) is 0 Å². The lowest BCUT2D eigenvalue weighted by atomic mass is 9.83. The minimum Gasteiger partial charge on any atom is -0.466 e. The van der Waals surface area contributed by atoms with Crippen molar-refractivity contribution in [2.24, 2.45) is 17.8 Å². The summed E-state index contributed by atoms with van der Waals surface area (Å²) in [6, 6.07) is 0.305. The predicted octanol–water partition coefficient (Wildman–Crippen LogP) is 1.91. The smallest absolute Gasteiger partial charge is 0.310 e. The van der Waals surface area contributed by atoms with Crippen molar-refractivity contribution in [1.29, 1.82) is 0 Å². The van der Waals surface area contributed by atoms with E-state index in [4.69, 9.17) is 4.74 Å². The van der Waals surface area contributed by atoms with Gasteiger partial charge in [0.25, 0.3) is 0 Å². The van der Waals surface area contributed by atoms with E-state index in [0.29, 0.717) is 24.5 Å². The SMILES string of the molecule is CCOC(=O)[C@@H]1CCCC[C@@H]1N1CCN(C(=O)[C@@H]2C[C@@H]2C)CC1. The molecule has 0 radical (unpaired) electrons. The summed E-state index contributed by atoms with van der Waals surface area (Å²) in [4.78, 5) is 29.1. The van der Waals surface area contributed by atoms with Crippen molar-refractivity contribution in [1.82, 2.24) is 9.80 Å². The molecule has 0 aromatic carbocycles. The van der Waals surface area contributed by atoms with Gasteiger partial charge in [0.15, 0.2) is 0 Å². The van der Waals surface area contributed by atoms with Crippen molar-refractivity contribution >= 4 is 11.9 Å². The quantitative estimate of drug-likeness (QED) is 0.742. The average molecular weight is 322 g/mol. The fraction of sp³-hybridized carbons (Fsp3) is 0.889. The van der Waals surface area contributed by atoms with Crippen molar-refractivity contribution in [3.05, 3.63) is 0 Å². The normalized spacial score (nSPS) is 35.0. The molecular weight excluding hydrogens is 292 g/mol. The van der Waals surface area contributed by atoms with Crippen LogP contribution < -0.4 is 0 Å². The molecule has 2 aliphatic carbocycles. The first kappa shape index (κ1) is 16.7. The van der Waals surface area contributed by atoms with Gasteiger partial charge >= 0.3 is 5.97 Å². The van der Waals surface area contributed by atoms with Crippen molar-refractivity contribution in [3.63, 3.8) is 0 Å². The molecule has 0 aromatic rings. The van der Waals surface area contributed by atoms with Crippen LogP contribution in [0.4, 0.5) is 0 Å². The molecule has 5 nitrogen and oxygen atoms in total. The van der Waals surface area contributed by atoms with E-state index in [1.165, 1.54) is 6.42 Å². The number of ether oxygens (including phenoxy) is 1. The van der Waals surface area contributed by atoms with Gasteiger partial charge in [-0.05, 0) is 32.1 Å². The lowest BCUT2D eigenvalue weighted by molar-refractivity contribution is -0.153. The van der Waals surface area contributed by atoms with E-state index in [1.54, 1.807) is 0 Å². The lowest BCUT2D eigenvalue weighted by Crippen LogP contribution is -2.55. The van der Waals surface area contributed by atoms with E-state index in [0.717, 1.165) is 51.9 Å². The molecule has 1 aliphatic heterocycles. The van der Waals surface area contributed by atoms with Crippen LogP contribution in [0.1, 0.15) is 46.0 Å². The van der Waals surface area contributed by atoms with E-state index >= 15 is 0 Å². The molecule has 130 valence electrons. The van der Waals surface area contributed by atoms with Gasteiger partial charge in [0.05, 0.1) is 12.5 Å². The molecule has 0 bridgehead atoms. The summed E-state index contributed by atoms with van der Waals surface area (Å²) < 4.78 is 5.28. The minimum atomic E-state index is -0.0255. The van der Waals surface area contributed by atoms with Gasteiger partial charge in [-0.3, -0.25) is 14.5 Å². The van der Waals surface area contributed by atoms with Crippen molar-refractivity contribution in [3.8, 4) is 0 Å². The average Bonchev–Trinajstić information content (AvgIpc) is 3.31. The predicted molar refractivity (Wildman–Crippen MR) is 87.8 cm³/mol. The first-order valence-electron chi connectivity index (χ1n) is 9.31. The monoisotopic (exact) mass is 322 g/mol. The Morgan fingerprint density at radius 3 is 2.30 bits per heavy atom. The zero-order valence-electron chi connectivity index (χ0n) is 14.5. The van der Waals surface area contributed by atoms with E-state index in [2.05, 4.69) is 11.8 Å². The maximum Gasteiger partial charge on any atom is 0.310 e. The van der Waals surface area contributed by atoms with Crippen LogP contribution >= 0.6 is 0 Å². The highest BCUT2D eigenvalue weighted by Gasteiger charge is 2.43. The first-order chi connectivity index (χ1) is 11.1. The Kier molecular flexibility index (Phi) is 5.24. The standard InChI is InChI=1S/C18H30N2O3/c1-3-23-18(22)14-6-4-5-7-16(14)19-8-10-20(11-9-19)17(21)15-12-13(15)2/h13-16H,3-12H2,1-2H3/t13-,14+,15+,16-/m0/s1. The molecule has 2 saturated carbocycles. The number of hydrogen-bond acceptors (Lipinski definition) is 4. The Balaban J connectivity index is 1.55. The fourth-order valence-electron chi connectivity index (χ4n) is 4.25. The van der Waals surface area contributed by atoms with Crippen molar-refractivity contribution in [2.75, 3.05) is 32.8 Å². The number of hydrogen-bond donors (Lipinski definition) is 0. The van der Waals surface area contributed by atoms with Gasteiger partial charge < -0.3 is 9.64 Å². The van der Waals surface area contributed by atoms with Crippen molar-refractivity contribution < 1.29 is 14.3 Å². The second-order valence-electron chi connectivity index (χ2n) is 7.39. The largest absolute Gasteiger partial charge is 0.466 e. The number of nitrogens with zero attached hydrogens (tertiary/aromatic N) is 2. The highest BCUT2D eigenvalue weighted by Crippen LogP contribution is 2.39. The van der Waals surface area contributed by atoms with Crippen LogP contribution in [0.25, 0.3) is 0 Å². The molecule has 3 rings (SSSR count). The molecular formula is C18H30N2O3. The highest BCUT2D eigenvalue weighted by molar-refractivity contribution is 5.81. The Labute approximate surface area is 139 Å². The topological polar surface area (TPSA) is 49.9 Å². The van der Waals surface area contributed by atoms with Gasteiger partial charge in [0.2, 0.25) is 5.91 Å². The molecule has 0 N–H and O–H groups in total. The van der Waals surface area contributed by atoms with E-state index in [9.17, 15) is 9.59 Å². The summed E-state index contributed by atoms with van der Waals surface area (Å²) in [5, 5.41) is 0. The van der Waals surface area contributed by atoms with Crippen LogP contribution in [0.2, 0.25) is 0 Å².